The molecule has 0 aliphatic carbocycles. The normalized spacial score (nSPS) is 15.7. The lowest BCUT2D eigenvalue weighted by Crippen LogP contribution is -2.18. The van der Waals surface area contributed by atoms with E-state index in [1.807, 2.05) is 53.5 Å². The number of rotatable bonds is 7. The molecule has 3 aromatic carbocycles. The van der Waals surface area contributed by atoms with Crippen LogP contribution in [0.4, 0.5) is 5.69 Å². The highest BCUT2D eigenvalue weighted by Crippen LogP contribution is 2.41. The monoisotopic (exact) mass is 532 g/mol. The Morgan fingerprint density at radius 3 is 2.59 bits per heavy atom. The first-order valence-corrected chi connectivity index (χ1v) is 12.0. The van der Waals surface area contributed by atoms with Gasteiger partial charge in [0.2, 0.25) is 0 Å². The van der Waals surface area contributed by atoms with E-state index < -0.39 is 0 Å². The predicted molar refractivity (Wildman–Crippen MR) is 135 cm³/mol. The summed E-state index contributed by atoms with van der Waals surface area (Å²) < 4.78 is 6.58. The number of nitrogens with zero attached hydrogens (tertiary/aromatic N) is 2. The van der Waals surface area contributed by atoms with Crippen molar-refractivity contribution in [3.05, 3.63) is 86.3 Å². The molecule has 0 radical (unpaired) electrons. The fourth-order valence-electron chi connectivity index (χ4n) is 3.68. The van der Waals surface area contributed by atoms with Gasteiger partial charge in [-0.15, -0.1) is 0 Å². The molecule has 1 aliphatic heterocycles. The van der Waals surface area contributed by atoms with Crippen molar-refractivity contribution < 1.29 is 9.84 Å². The SMILES string of the molecule is CCCCOc1cc(O)c(C2=NN(c3ccccc3)C(c3ccc(Cl)c(Cl)c3)C2)cc1Br. The van der Waals surface area contributed by atoms with Crippen molar-refractivity contribution >= 4 is 50.5 Å². The van der Waals surface area contributed by atoms with E-state index in [9.17, 15) is 5.11 Å². The van der Waals surface area contributed by atoms with Crippen LogP contribution in [0.5, 0.6) is 11.5 Å². The topological polar surface area (TPSA) is 45.1 Å². The molecule has 0 aromatic heterocycles. The fraction of sp³-hybridized carbons (Fsp3) is 0.240. The second kappa shape index (κ2) is 10.2. The fourth-order valence-corrected chi connectivity index (χ4v) is 4.45. The van der Waals surface area contributed by atoms with Crippen LogP contribution in [0.15, 0.2) is 70.2 Å². The lowest BCUT2D eigenvalue weighted by Gasteiger charge is -2.24. The van der Waals surface area contributed by atoms with Crippen molar-refractivity contribution in [2.75, 3.05) is 11.6 Å². The Hall–Kier alpha value is -2.21. The number of hydrazone groups is 1. The number of ether oxygens (including phenoxy) is 1. The average molecular weight is 534 g/mol. The van der Waals surface area contributed by atoms with Gasteiger partial charge in [-0.2, -0.15) is 5.10 Å². The molecule has 0 saturated carbocycles. The summed E-state index contributed by atoms with van der Waals surface area (Å²) in [5.41, 5.74) is 3.41. The number of halogens is 3. The maximum absolute atomic E-state index is 10.8. The molecule has 0 bridgehead atoms. The molecule has 1 N–H and O–H groups in total. The molecule has 0 spiro atoms. The zero-order valence-corrected chi connectivity index (χ0v) is 20.7. The number of hydrogen-bond donors (Lipinski definition) is 1. The molecular formula is C25H23BrCl2N2O2. The summed E-state index contributed by atoms with van der Waals surface area (Å²) >= 11 is 16.0. The van der Waals surface area contributed by atoms with Gasteiger partial charge in [0.15, 0.2) is 0 Å². The minimum absolute atomic E-state index is 0.0826. The highest BCUT2D eigenvalue weighted by atomic mass is 79.9. The zero-order valence-electron chi connectivity index (χ0n) is 17.6. The van der Waals surface area contributed by atoms with E-state index >= 15 is 0 Å². The molecule has 4 nitrogen and oxygen atoms in total. The second-order valence-electron chi connectivity index (χ2n) is 7.62. The number of para-hydroxylation sites is 1. The minimum atomic E-state index is -0.0826. The average Bonchev–Trinajstić information content (AvgIpc) is 3.23. The van der Waals surface area contributed by atoms with Crippen molar-refractivity contribution in [2.45, 2.75) is 32.2 Å². The van der Waals surface area contributed by atoms with Gasteiger partial charge in [0.25, 0.3) is 0 Å². The number of hydrogen-bond acceptors (Lipinski definition) is 4. The van der Waals surface area contributed by atoms with Crippen molar-refractivity contribution in [3.8, 4) is 11.5 Å². The van der Waals surface area contributed by atoms with Crippen molar-refractivity contribution in [1.29, 1.82) is 0 Å². The van der Waals surface area contributed by atoms with Gasteiger partial charge in [0.1, 0.15) is 11.5 Å². The summed E-state index contributed by atoms with van der Waals surface area (Å²) in [6.07, 6.45) is 2.60. The molecule has 1 atom stereocenters. The predicted octanol–water partition coefficient (Wildman–Crippen LogP) is 8.00. The molecule has 0 saturated heterocycles. The van der Waals surface area contributed by atoms with E-state index in [1.165, 1.54) is 0 Å². The van der Waals surface area contributed by atoms with Gasteiger partial charge in [-0.1, -0.05) is 60.8 Å². The van der Waals surface area contributed by atoms with Gasteiger partial charge < -0.3 is 9.84 Å². The molecule has 3 aromatic rings. The van der Waals surface area contributed by atoms with Crippen molar-refractivity contribution in [1.82, 2.24) is 0 Å². The number of unbranched alkanes of at least 4 members (excludes halogenated alkanes) is 1. The van der Waals surface area contributed by atoms with Gasteiger partial charge in [0.05, 0.1) is 38.6 Å². The Labute approximate surface area is 206 Å². The van der Waals surface area contributed by atoms with Crippen molar-refractivity contribution in [2.24, 2.45) is 5.10 Å². The Morgan fingerprint density at radius 2 is 1.88 bits per heavy atom. The number of phenols is 1. The summed E-state index contributed by atoms with van der Waals surface area (Å²) in [4.78, 5) is 0. The maximum Gasteiger partial charge on any atom is 0.137 e. The Bertz CT molecular complexity index is 1140. The van der Waals surface area contributed by atoms with Gasteiger partial charge in [0, 0.05) is 18.1 Å². The first-order valence-electron chi connectivity index (χ1n) is 10.5. The Morgan fingerprint density at radius 1 is 1.09 bits per heavy atom. The van der Waals surface area contributed by atoms with E-state index in [1.54, 1.807) is 12.1 Å². The number of benzene rings is 3. The van der Waals surface area contributed by atoms with Crippen LogP contribution in [-0.2, 0) is 0 Å². The molecule has 0 amide bonds. The van der Waals surface area contributed by atoms with E-state index in [2.05, 4.69) is 22.9 Å². The first-order chi connectivity index (χ1) is 15.5. The third kappa shape index (κ3) is 4.90. The summed E-state index contributed by atoms with van der Waals surface area (Å²) in [7, 11) is 0. The van der Waals surface area contributed by atoms with E-state index in [0.717, 1.165) is 34.3 Å². The smallest absolute Gasteiger partial charge is 0.137 e. The molecule has 1 heterocycles. The van der Waals surface area contributed by atoms with Gasteiger partial charge in [-0.05, 0) is 58.2 Å². The first kappa shape index (κ1) is 23.0. The van der Waals surface area contributed by atoms with Gasteiger partial charge in [-0.3, -0.25) is 5.01 Å². The van der Waals surface area contributed by atoms with Crippen LogP contribution in [0.25, 0.3) is 0 Å². The highest BCUT2D eigenvalue weighted by Gasteiger charge is 2.31. The Kier molecular flexibility index (Phi) is 7.29. The molecule has 4 rings (SSSR count). The lowest BCUT2D eigenvalue weighted by molar-refractivity contribution is 0.305. The quantitative estimate of drug-likeness (QED) is 0.313. The highest BCUT2D eigenvalue weighted by molar-refractivity contribution is 9.10. The second-order valence-corrected chi connectivity index (χ2v) is 9.29. The van der Waals surface area contributed by atoms with Gasteiger partial charge >= 0.3 is 0 Å². The zero-order chi connectivity index (χ0) is 22.7. The molecule has 7 heteroatoms. The molecule has 32 heavy (non-hydrogen) atoms. The van der Waals surface area contributed by atoms with Crippen LogP contribution in [0, 0.1) is 0 Å². The molecule has 1 aliphatic rings. The van der Waals surface area contributed by atoms with Crippen LogP contribution in [0.2, 0.25) is 10.0 Å². The third-order valence-corrected chi connectivity index (χ3v) is 6.73. The van der Waals surface area contributed by atoms with Crippen LogP contribution in [0.1, 0.15) is 43.4 Å². The molecule has 0 fully saturated rings. The largest absolute Gasteiger partial charge is 0.507 e. The van der Waals surface area contributed by atoms with Crippen LogP contribution >= 0.6 is 39.1 Å². The van der Waals surface area contributed by atoms with E-state index in [0.29, 0.717) is 34.4 Å². The number of phenolic OH excluding ortho intramolecular Hbond substituents is 1. The summed E-state index contributed by atoms with van der Waals surface area (Å²) in [6, 6.07) is 19.0. The minimum Gasteiger partial charge on any atom is -0.507 e. The lowest BCUT2D eigenvalue weighted by atomic mass is 9.97. The summed E-state index contributed by atoms with van der Waals surface area (Å²) in [6.45, 7) is 2.72. The summed E-state index contributed by atoms with van der Waals surface area (Å²) in [5, 5.41) is 18.7. The number of aromatic hydroxyl groups is 1. The molecular weight excluding hydrogens is 511 g/mol. The van der Waals surface area contributed by atoms with E-state index in [4.69, 9.17) is 33.0 Å². The third-order valence-electron chi connectivity index (χ3n) is 5.38. The van der Waals surface area contributed by atoms with Gasteiger partial charge in [-0.25, -0.2) is 0 Å². The van der Waals surface area contributed by atoms with Crippen LogP contribution < -0.4 is 9.75 Å². The van der Waals surface area contributed by atoms with Crippen LogP contribution in [-0.4, -0.2) is 17.4 Å². The van der Waals surface area contributed by atoms with E-state index in [-0.39, 0.29) is 11.8 Å². The molecule has 1 unspecified atom stereocenters. The van der Waals surface area contributed by atoms with Crippen LogP contribution in [0.3, 0.4) is 0 Å². The summed E-state index contributed by atoms with van der Waals surface area (Å²) in [5.74, 6) is 0.764. The standard InChI is InChI=1S/C25H23BrCl2N2O2/c1-2-3-11-32-25-15-24(31)18(13-19(25)26)22-14-23(16-9-10-20(27)21(28)12-16)30(29-22)17-7-5-4-6-8-17/h4-10,12-13,15,23,31H,2-3,11,14H2,1H3. The number of anilines is 1. The molecule has 166 valence electrons. The van der Waals surface area contributed by atoms with Crippen molar-refractivity contribution in [3.63, 3.8) is 0 Å². The maximum atomic E-state index is 10.8. The Balaban J connectivity index is 1.70.